The van der Waals surface area contributed by atoms with Crippen LogP contribution in [0.4, 0.5) is 0 Å². The van der Waals surface area contributed by atoms with Crippen molar-refractivity contribution >= 4 is 11.8 Å². The Bertz CT molecular complexity index is 908. The van der Waals surface area contributed by atoms with E-state index in [2.05, 4.69) is 20.8 Å². The number of carbonyl (C=O) groups excluding carboxylic acids is 2. The molecule has 2 heterocycles. The minimum absolute atomic E-state index is 0.169. The molecule has 154 valence electrons. The molecular formula is C20H24N4O5. The van der Waals surface area contributed by atoms with Crippen LogP contribution in [0.2, 0.25) is 0 Å². The number of aromatic amines is 1. The quantitative estimate of drug-likeness (QED) is 0.643. The van der Waals surface area contributed by atoms with E-state index in [0.29, 0.717) is 29.5 Å². The Morgan fingerprint density at radius 1 is 1.24 bits per heavy atom. The molecule has 1 aromatic carbocycles. The third kappa shape index (κ3) is 4.19. The molecule has 1 aliphatic carbocycles. The summed E-state index contributed by atoms with van der Waals surface area (Å²) in [6.45, 7) is 0.142. The third-order valence-corrected chi connectivity index (χ3v) is 5.14. The van der Waals surface area contributed by atoms with Crippen molar-refractivity contribution in [2.45, 2.75) is 37.5 Å². The molecule has 29 heavy (non-hydrogen) atoms. The van der Waals surface area contributed by atoms with E-state index >= 15 is 0 Å². The van der Waals surface area contributed by atoms with E-state index in [1.165, 1.54) is 20.0 Å². The number of nitrogens with zero attached hydrogens (tertiary/aromatic N) is 1. The first-order chi connectivity index (χ1) is 14.1. The van der Waals surface area contributed by atoms with Gasteiger partial charge in [-0.05, 0) is 36.6 Å². The topological polar surface area (TPSA) is 115 Å². The maximum atomic E-state index is 12.8. The molecule has 2 fully saturated rings. The van der Waals surface area contributed by atoms with E-state index in [-0.39, 0.29) is 18.4 Å². The molecular weight excluding hydrogens is 376 g/mol. The maximum absolute atomic E-state index is 12.8. The minimum Gasteiger partial charge on any atom is -0.493 e. The van der Waals surface area contributed by atoms with Gasteiger partial charge in [-0.15, -0.1) is 0 Å². The first-order valence-corrected chi connectivity index (χ1v) is 9.54. The summed E-state index contributed by atoms with van der Waals surface area (Å²) in [5.41, 5.74) is 2.56. The summed E-state index contributed by atoms with van der Waals surface area (Å²) in [6, 6.07) is 6.58. The Kier molecular flexibility index (Phi) is 5.39. The van der Waals surface area contributed by atoms with Gasteiger partial charge in [-0.1, -0.05) is 6.07 Å². The van der Waals surface area contributed by atoms with Crippen LogP contribution >= 0.6 is 0 Å². The predicted molar refractivity (Wildman–Crippen MR) is 103 cm³/mol. The van der Waals surface area contributed by atoms with Crippen LogP contribution in [0.5, 0.6) is 11.5 Å². The van der Waals surface area contributed by atoms with E-state index < -0.39 is 12.1 Å². The molecule has 2 aromatic rings. The monoisotopic (exact) mass is 400 g/mol. The highest BCUT2D eigenvalue weighted by atomic mass is 16.5. The van der Waals surface area contributed by atoms with Crippen LogP contribution in [0.15, 0.2) is 24.3 Å². The second-order valence-electron chi connectivity index (χ2n) is 7.20. The Morgan fingerprint density at radius 3 is 2.76 bits per heavy atom. The minimum atomic E-state index is -0.864. The zero-order chi connectivity index (χ0) is 20.4. The van der Waals surface area contributed by atoms with Crippen molar-refractivity contribution in [3.05, 3.63) is 41.2 Å². The molecule has 3 N–H and O–H groups in total. The van der Waals surface area contributed by atoms with Crippen molar-refractivity contribution in [2.24, 2.45) is 0 Å². The number of ether oxygens (including phenoxy) is 3. The number of rotatable bonds is 7. The highest BCUT2D eigenvalue weighted by molar-refractivity contribution is 5.86. The molecule has 0 radical (unpaired) electrons. The summed E-state index contributed by atoms with van der Waals surface area (Å²) >= 11 is 0. The molecule has 2 amide bonds. The molecule has 0 bridgehead atoms. The number of amides is 2. The van der Waals surface area contributed by atoms with Crippen molar-refractivity contribution in [1.29, 1.82) is 0 Å². The van der Waals surface area contributed by atoms with Crippen LogP contribution in [-0.2, 0) is 20.9 Å². The van der Waals surface area contributed by atoms with Crippen LogP contribution in [0, 0.1) is 0 Å². The van der Waals surface area contributed by atoms with Gasteiger partial charge in [-0.25, -0.2) is 0 Å². The lowest BCUT2D eigenvalue weighted by Crippen LogP contribution is -2.52. The fourth-order valence-electron chi connectivity index (χ4n) is 3.43. The Hall–Kier alpha value is -3.07. The summed E-state index contributed by atoms with van der Waals surface area (Å²) in [5, 5.41) is 12.9. The number of morpholine rings is 1. The Labute approximate surface area is 168 Å². The molecule has 2 atom stereocenters. The molecule has 9 heteroatoms. The summed E-state index contributed by atoms with van der Waals surface area (Å²) in [4.78, 5) is 24.7. The number of hydrogen-bond acceptors (Lipinski definition) is 6. The normalized spacial score (nSPS) is 21.4. The first-order valence-electron chi connectivity index (χ1n) is 9.54. The van der Waals surface area contributed by atoms with Gasteiger partial charge in [0.1, 0.15) is 6.61 Å². The van der Waals surface area contributed by atoms with Crippen molar-refractivity contribution in [1.82, 2.24) is 20.8 Å². The van der Waals surface area contributed by atoms with Gasteiger partial charge in [0, 0.05) is 5.92 Å². The van der Waals surface area contributed by atoms with Gasteiger partial charge in [0.25, 0.3) is 5.91 Å². The summed E-state index contributed by atoms with van der Waals surface area (Å²) < 4.78 is 16.2. The van der Waals surface area contributed by atoms with E-state index in [4.69, 9.17) is 14.2 Å². The number of methoxy groups -OCH3 is 2. The lowest BCUT2D eigenvalue weighted by Gasteiger charge is -2.32. The van der Waals surface area contributed by atoms with Crippen molar-refractivity contribution < 1.29 is 23.8 Å². The fourth-order valence-corrected chi connectivity index (χ4v) is 3.43. The highest BCUT2D eigenvalue weighted by Gasteiger charge is 2.36. The number of benzene rings is 1. The summed E-state index contributed by atoms with van der Waals surface area (Å²) in [5.74, 6) is 1.02. The lowest BCUT2D eigenvalue weighted by molar-refractivity contribution is -0.148. The smallest absolute Gasteiger partial charge is 0.251 e. The average Bonchev–Trinajstić information content (AvgIpc) is 3.49. The average molecular weight is 400 g/mol. The van der Waals surface area contributed by atoms with Gasteiger partial charge >= 0.3 is 0 Å². The molecule has 0 spiro atoms. The zero-order valence-electron chi connectivity index (χ0n) is 16.4. The van der Waals surface area contributed by atoms with Crippen LogP contribution in [0.25, 0.3) is 0 Å². The molecule has 1 saturated heterocycles. The fraction of sp³-hybridized carbons (Fsp3) is 0.450. The van der Waals surface area contributed by atoms with Crippen molar-refractivity contribution in [2.75, 3.05) is 20.8 Å². The number of H-pyrrole nitrogens is 1. The molecule has 9 nitrogen and oxygen atoms in total. The van der Waals surface area contributed by atoms with Crippen LogP contribution in [0.1, 0.15) is 41.8 Å². The van der Waals surface area contributed by atoms with Gasteiger partial charge < -0.3 is 24.8 Å². The lowest BCUT2D eigenvalue weighted by atomic mass is 9.98. The van der Waals surface area contributed by atoms with Crippen LogP contribution in [0.3, 0.4) is 0 Å². The standard InChI is InChI=1S/C20H24N4O5/c1-27-15-6-5-12(7-16(15)28-2)18-19(29-10-17(25)22-18)20(26)21-9-13-8-14(24-23-13)11-3-4-11/h5-8,11,18-19H,3-4,9-10H2,1-2H3,(H,21,26)(H,22,25)(H,23,24)/t18-,19+/m1/s1. The number of hydrogen-bond donors (Lipinski definition) is 3. The summed E-state index contributed by atoms with van der Waals surface area (Å²) in [6.07, 6.45) is 1.47. The maximum Gasteiger partial charge on any atom is 0.251 e. The van der Waals surface area contributed by atoms with E-state index in [1.54, 1.807) is 25.3 Å². The van der Waals surface area contributed by atoms with Gasteiger partial charge in [-0.2, -0.15) is 5.10 Å². The molecule has 4 rings (SSSR count). The Morgan fingerprint density at radius 2 is 2.03 bits per heavy atom. The van der Waals surface area contributed by atoms with Gasteiger partial charge in [0.05, 0.1) is 38.2 Å². The molecule has 2 aliphatic rings. The van der Waals surface area contributed by atoms with Gasteiger partial charge in [0.15, 0.2) is 17.6 Å². The van der Waals surface area contributed by atoms with Crippen LogP contribution in [-0.4, -0.2) is 48.9 Å². The van der Waals surface area contributed by atoms with Gasteiger partial charge in [-0.3, -0.25) is 14.7 Å². The largest absolute Gasteiger partial charge is 0.493 e. The molecule has 0 unspecified atom stereocenters. The Balaban J connectivity index is 1.47. The van der Waals surface area contributed by atoms with Crippen LogP contribution < -0.4 is 20.1 Å². The first kappa shape index (κ1) is 19.3. The number of carbonyl (C=O) groups is 2. The van der Waals surface area contributed by atoms with E-state index in [0.717, 1.165) is 11.4 Å². The predicted octanol–water partition coefficient (Wildman–Crippen LogP) is 1.18. The highest BCUT2D eigenvalue weighted by Crippen LogP contribution is 2.39. The molecule has 1 saturated carbocycles. The summed E-state index contributed by atoms with van der Waals surface area (Å²) in [7, 11) is 3.07. The van der Waals surface area contributed by atoms with E-state index in [9.17, 15) is 9.59 Å². The second-order valence-corrected chi connectivity index (χ2v) is 7.20. The molecule has 1 aromatic heterocycles. The molecule has 1 aliphatic heterocycles. The second kappa shape index (κ2) is 8.12. The van der Waals surface area contributed by atoms with Crippen molar-refractivity contribution in [3.8, 4) is 11.5 Å². The SMILES string of the molecule is COc1ccc([C@H]2NC(=O)CO[C@@H]2C(=O)NCc2cc(C3CC3)n[nH]2)cc1OC. The third-order valence-electron chi connectivity index (χ3n) is 5.14. The number of nitrogens with one attached hydrogen (secondary N) is 3. The number of aromatic nitrogens is 2. The van der Waals surface area contributed by atoms with Gasteiger partial charge in [0.2, 0.25) is 5.91 Å². The zero-order valence-corrected chi connectivity index (χ0v) is 16.4. The van der Waals surface area contributed by atoms with E-state index in [1.807, 2.05) is 6.07 Å². The van der Waals surface area contributed by atoms with Crippen molar-refractivity contribution in [3.63, 3.8) is 0 Å².